The minimum absolute atomic E-state index is 0.297. The molecule has 19 heavy (non-hydrogen) atoms. The second kappa shape index (κ2) is 4.21. The Kier molecular flexibility index (Phi) is 2.53. The summed E-state index contributed by atoms with van der Waals surface area (Å²) in [6, 6.07) is 3.98. The van der Waals surface area contributed by atoms with Crippen LogP contribution in [0.4, 0.5) is 0 Å². The van der Waals surface area contributed by atoms with Gasteiger partial charge in [-0.25, -0.2) is 9.67 Å². The van der Waals surface area contributed by atoms with Crippen LogP contribution in [0.3, 0.4) is 0 Å². The first-order valence-electron chi connectivity index (χ1n) is 5.97. The van der Waals surface area contributed by atoms with E-state index in [4.69, 9.17) is 5.73 Å². The summed E-state index contributed by atoms with van der Waals surface area (Å²) >= 11 is 0. The largest absolute Gasteiger partial charge is 0.366 e. The summed E-state index contributed by atoms with van der Waals surface area (Å²) in [5.74, 6) is -0.0958. The normalized spacial score (nSPS) is 13.0. The first-order valence-corrected chi connectivity index (χ1v) is 5.97. The van der Waals surface area contributed by atoms with Gasteiger partial charge in [-0.05, 0) is 30.9 Å². The van der Waals surface area contributed by atoms with E-state index in [0.717, 1.165) is 30.5 Å². The number of nitriles is 1. The highest BCUT2D eigenvalue weighted by Crippen LogP contribution is 2.24. The zero-order chi connectivity index (χ0) is 13.4. The predicted octanol–water partition coefficient (Wildman–Crippen LogP) is 0.727. The molecule has 2 aromatic heterocycles. The van der Waals surface area contributed by atoms with Gasteiger partial charge in [0.1, 0.15) is 6.07 Å². The van der Waals surface area contributed by atoms with E-state index < -0.39 is 5.91 Å². The number of amides is 1. The van der Waals surface area contributed by atoms with Crippen molar-refractivity contribution in [3.8, 4) is 11.9 Å². The molecular formula is C13H11N5O. The molecule has 0 radical (unpaired) electrons. The van der Waals surface area contributed by atoms with Crippen LogP contribution < -0.4 is 5.73 Å². The van der Waals surface area contributed by atoms with Gasteiger partial charge in [-0.15, -0.1) is 0 Å². The molecule has 2 heterocycles. The maximum atomic E-state index is 11.1. The number of fused-ring (bicyclic) bond motifs is 1. The SMILES string of the molecule is N#Cc1cc2c(nc1-n1cc(C(N)=O)cn1)CCC2. The van der Waals surface area contributed by atoms with Crippen molar-refractivity contribution in [2.75, 3.05) is 0 Å². The number of carbonyl (C=O) groups excluding carboxylic acids is 1. The van der Waals surface area contributed by atoms with E-state index >= 15 is 0 Å². The molecule has 0 atom stereocenters. The second-order valence-corrected chi connectivity index (χ2v) is 4.47. The van der Waals surface area contributed by atoms with Crippen LogP contribution in [0.25, 0.3) is 5.82 Å². The fourth-order valence-electron chi connectivity index (χ4n) is 2.28. The second-order valence-electron chi connectivity index (χ2n) is 4.47. The third kappa shape index (κ3) is 1.85. The van der Waals surface area contributed by atoms with E-state index in [9.17, 15) is 10.1 Å². The van der Waals surface area contributed by atoms with Crippen LogP contribution in [0.5, 0.6) is 0 Å². The van der Waals surface area contributed by atoms with Gasteiger partial charge in [-0.3, -0.25) is 4.79 Å². The molecule has 2 N–H and O–H groups in total. The molecule has 0 aromatic carbocycles. The average molecular weight is 253 g/mol. The van der Waals surface area contributed by atoms with Crippen LogP contribution in [0.2, 0.25) is 0 Å². The van der Waals surface area contributed by atoms with Gasteiger partial charge in [-0.2, -0.15) is 10.4 Å². The van der Waals surface area contributed by atoms with Crippen molar-refractivity contribution in [2.24, 2.45) is 5.73 Å². The number of aryl methyl sites for hydroxylation is 2. The third-order valence-corrected chi connectivity index (χ3v) is 3.24. The minimum Gasteiger partial charge on any atom is -0.366 e. The Balaban J connectivity index is 2.13. The molecular weight excluding hydrogens is 242 g/mol. The van der Waals surface area contributed by atoms with E-state index in [2.05, 4.69) is 16.2 Å². The van der Waals surface area contributed by atoms with E-state index in [1.54, 1.807) is 0 Å². The molecule has 0 unspecified atom stereocenters. The number of carbonyl (C=O) groups is 1. The highest BCUT2D eigenvalue weighted by atomic mass is 16.1. The van der Waals surface area contributed by atoms with Crippen molar-refractivity contribution < 1.29 is 4.79 Å². The third-order valence-electron chi connectivity index (χ3n) is 3.24. The number of aromatic nitrogens is 3. The highest BCUT2D eigenvalue weighted by Gasteiger charge is 2.18. The van der Waals surface area contributed by atoms with Crippen molar-refractivity contribution in [3.63, 3.8) is 0 Å². The smallest absolute Gasteiger partial charge is 0.251 e. The molecule has 0 saturated heterocycles. The first-order chi connectivity index (χ1) is 9.19. The van der Waals surface area contributed by atoms with E-state index in [0.29, 0.717) is 16.9 Å². The molecule has 0 aliphatic heterocycles. The topological polar surface area (TPSA) is 97.6 Å². The molecule has 6 nitrogen and oxygen atoms in total. The van der Waals surface area contributed by atoms with E-state index in [-0.39, 0.29) is 0 Å². The highest BCUT2D eigenvalue weighted by molar-refractivity contribution is 5.92. The van der Waals surface area contributed by atoms with Gasteiger partial charge >= 0.3 is 0 Å². The molecule has 0 spiro atoms. The number of hydrogen-bond acceptors (Lipinski definition) is 4. The van der Waals surface area contributed by atoms with Crippen molar-refractivity contribution in [1.82, 2.24) is 14.8 Å². The summed E-state index contributed by atoms with van der Waals surface area (Å²) in [4.78, 5) is 15.6. The van der Waals surface area contributed by atoms with Crippen LogP contribution in [-0.2, 0) is 12.8 Å². The quantitative estimate of drug-likeness (QED) is 0.852. The lowest BCUT2D eigenvalue weighted by atomic mass is 10.1. The van der Waals surface area contributed by atoms with Gasteiger partial charge in [0.25, 0.3) is 5.91 Å². The predicted molar refractivity (Wildman–Crippen MR) is 66.6 cm³/mol. The van der Waals surface area contributed by atoms with Gasteiger partial charge in [0.15, 0.2) is 5.82 Å². The van der Waals surface area contributed by atoms with Crippen LogP contribution >= 0.6 is 0 Å². The van der Waals surface area contributed by atoms with E-state index in [1.165, 1.54) is 17.1 Å². The van der Waals surface area contributed by atoms with Gasteiger partial charge in [0.05, 0.1) is 17.3 Å². The number of rotatable bonds is 2. The number of primary amides is 1. The molecule has 1 aliphatic carbocycles. The Bertz CT molecular complexity index is 710. The summed E-state index contributed by atoms with van der Waals surface area (Å²) in [6.07, 6.45) is 5.80. The van der Waals surface area contributed by atoms with Gasteiger partial charge in [0, 0.05) is 11.9 Å². The summed E-state index contributed by atoms with van der Waals surface area (Å²) in [6.45, 7) is 0. The molecule has 1 aliphatic rings. The van der Waals surface area contributed by atoms with Gasteiger partial charge < -0.3 is 5.73 Å². The number of nitrogens with zero attached hydrogens (tertiary/aromatic N) is 4. The molecule has 3 rings (SSSR count). The number of hydrogen-bond donors (Lipinski definition) is 1. The molecule has 1 amide bonds. The fraction of sp³-hybridized carbons (Fsp3) is 0.231. The fourth-order valence-corrected chi connectivity index (χ4v) is 2.28. The first kappa shape index (κ1) is 11.4. The van der Waals surface area contributed by atoms with Crippen LogP contribution in [0.15, 0.2) is 18.5 Å². The monoisotopic (exact) mass is 253 g/mol. The van der Waals surface area contributed by atoms with Crippen molar-refractivity contribution in [2.45, 2.75) is 19.3 Å². The molecule has 0 saturated carbocycles. The zero-order valence-corrected chi connectivity index (χ0v) is 10.1. The Morgan fingerprint density at radius 3 is 3.00 bits per heavy atom. The van der Waals surface area contributed by atoms with Crippen LogP contribution in [-0.4, -0.2) is 20.7 Å². The van der Waals surface area contributed by atoms with Crippen molar-refractivity contribution in [3.05, 3.63) is 40.8 Å². The van der Waals surface area contributed by atoms with Crippen LogP contribution in [0.1, 0.15) is 33.6 Å². The standard InChI is InChI=1S/C13H11N5O/c14-5-9-4-8-2-1-3-11(8)17-13(9)18-7-10(6-16-18)12(15)19/h4,6-7H,1-3H2,(H2,15,19). The lowest BCUT2D eigenvalue weighted by molar-refractivity contribution is 0.100. The minimum atomic E-state index is -0.550. The maximum Gasteiger partial charge on any atom is 0.251 e. The molecule has 94 valence electrons. The lowest BCUT2D eigenvalue weighted by Gasteiger charge is -2.06. The average Bonchev–Trinajstić information content (AvgIpc) is 3.05. The maximum absolute atomic E-state index is 11.1. The Morgan fingerprint density at radius 2 is 2.32 bits per heavy atom. The Hall–Kier alpha value is -2.68. The number of pyridine rings is 1. The zero-order valence-electron chi connectivity index (χ0n) is 10.1. The molecule has 0 bridgehead atoms. The van der Waals surface area contributed by atoms with Crippen molar-refractivity contribution in [1.29, 1.82) is 5.26 Å². The molecule has 2 aromatic rings. The summed E-state index contributed by atoms with van der Waals surface area (Å²) < 4.78 is 1.43. The molecule has 0 fully saturated rings. The summed E-state index contributed by atoms with van der Waals surface area (Å²) in [7, 11) is 0. The van der Waals surface area contributed by atoms with Gasteiger partial charge in [-0.1, -0.05) is 0 Å². The Labute approximate surface area is 109 Å². The number of nitrogens with two attached hydrogens (primary N) is 1. The van der Waals surface area contributed by atoms with Crippen molar-refractivity contribution >= 4 is 5.91 Å². The van der Waals surface area contributed by atoms with Gasteiger partial charge in [0.2, 0.25) is 0 Å². The summed E-state index contributed by atoms with van der Waals surface area (Å²) in [5, 5.41) is 13.2. The molecule has 6 heteroatoms. The van der Waals surface area contributed by atoms with Crippen LogP contribution in [0, 0.1) is 11.3 Å². The summed E-state index contributed by atoms with van der Waals surface area (Å²) in [5.41, 5.74) is 8.08. The van der Waals surface area contributed by atoms with E-state index in [1.807, 2.05) is 6.07 Å². The lowest BCUT2D eigenvalue weighted by Crippen LogP contribution is -2.10. The Morgan fingerprint density at radius 1 is 1.47 bits per heavy atom.